The lowest BCUT2D eigenvalue weighted by atomic mass is 9.93. The number of amides is 1. The van der Waals surface area contributed by atoms with Crippen molar-refractivity contribution in [2.75, 3.05) is 0 Å². The molecule has 2 saturated heterocycles. The predicted octanol–water partition coefficient (Wildman–Crippen LogP) is 4.53. The zero-order chi connectivity index (χ0) is 19.2. The van der Waals surface area contributed by atoms with Crippen LogP contribution in [0.1, 0.15) is 58.4 Å². The molecule has 1 aromatic rings. The maximum Gasteiger partial charge on any atom is 0.410 e. The van der Waals surface area contributed by atoms with Crippen LogP contribution in [0.25, 0.3) is 0 Å². The Kier molecular flexibility index (Phi) is 4.91. The van der Waals surface area contributed by atoms with Gasteiger partial charge in [-0.05, 0) is 58.4 Å². The van der Waals surface area contributed by atoms with Gasteiger partial charge in [0.15, 0.2) is 0 Å². The summed E-state index contributed by atoms with van der Waals surface area (Å²) in [5.74, 6) is 0. The molecule has 0 aromatic heterocycles. The Morgan fingerprint density at radius 2 is 1.89 bits per heavy atom. The molecule has 2 bridgehead atoms. The average Bonchev–Trinajstić information content (AvgIpc) is 3.38. The van der Waals surface area contributed by atoms with Gasteiger partial charge >= 0.3 is 6.09 Å². The van der Waals surface area contributed by atoms with Gasteiger partial charge in [-0.1, -0.05) is 30.3 Å². The number of fused-ring (bicyclic) bond motifs is 2. The Morgan fingerprint density at radius 1 is 1.19 bits per heavy atom. The third-order valence-corrected chi connectivity index (χ3v) is 6.05. The molecular formula is C22H31FN2O2. The van der Waals surface area contributed by atoms with Gasteiger partial charge in [-0.15, -0.1) is 0 Å². The third kappa shape index (κ3) is 3.98. The van der Waals surface area contributed by atoms with Crippen molar-refractivity contribution in [3.8, 4) is 0 Å². The number of hydrogen-bond acceptors (Lipinski definition) is 3. The van der Waals surface area contributed by atoms with Crippen LogP contribution in [0.4, 0.5) is 9.18 Å². The van der Waals surface area contributed by atoms with Gasteiger partial charge < -0.3 is 4.74 Å². The Balaban J connectivity index is 1.50. The zero-order valence-electron chi connectivity index (χ0n) is 16.6. The zero-order valence-corrected chi connectivity index (χ0v) is 16.6. The summed E-state index contributed by atoms with van der Waals surface area (Å²) < 4.78 is 21.2. The van der Waals surface area contributed by atoms with Gasteiger partial charge in [-0.3, -0.25) is 9.80 Å². The summed E-state index contributed by atoms with van der Waals surface area (Å²) in [6.07, 6.45) is 3.27. The van der Waals surface area contributed by atoms with Gasteiger partial charge in [-0.25, -0.2) is 9.18 Å². The Labute approximate surface area is 161 Å². The fourth-order valence-corrected chi connectivity index (χ4v) is 4.76. The maximum absolute atomic E-state index is 15.6. The summed E-state index contributed by atoms with van der Waals surface area (Å²) >= 11 is 0. The standard InChI is InChI=1S/C22H31FN2O2/c1-22(2,3)27-21(26)25-17-11-12-18(25)20(23)19(13-17)24(16-9-10-16)14-15-7-5-4-6-8-15/h4-8,16-20H,9-14H2,1-3H3/t17?,18?,19-,20+/m0/s1. The first-order valence-corrected chi connectivity index (χ1v) is 10.3. The van der Waals surface area contributed by atoms with E-state index in [0.717, 1.165) is 32.2 Å². The van der Waals surface area contributed by atoms with E-state index >= 15 is 4.39 Å². The minimum absolute atomic E-state index is 0.0962. The van der Waals surface area contributed by atoms with Crippen molar-refractivity contribution < 1.29 is 13.9 Å². The van der Waals surface area contributed by atoms with Crippen LogP contribution in [-0.2, 0) is 11.3 Å². The lowest BCUT2D eigenvalue weighted by Gasteiger charge is -2.45. The third-order valence-electron chi connectivity index (χ3n) is 6.05. The molecule has 4 rings (SSSR count). The van der Waals surface area contributed by atoms with E-state index in [2.05, 4.69) is 17.0 Å². The van der Waals surface area contributed by atoms with Crippen LogP contribution in [0.5, 0.6) is 0 Å². The van der Waals surface area contributed by atoms with E-state index < -0.39 is 11.8 Å². The van der Waals surface area contributed by atoms with E-state index in [1.807, 2.05) is 39.0 Å². The van der Waals surface area contributed by atoms with Crippen molar-refractivity contribution in [2.45, 2.75) is 95.4 Å². The molecule has 5 heteroatoms. The van der Waals surface area contributed by atoms with Crippen molar-refractivity contribution in [3.63, 3.8) is 0 Å². The van der Waals surface area contributed by atoms with E-state index in [1.54, 1.807) is 4.90 Å². The highest BCUT2D eigenvalue weighted by Gasteiger charge is 2.53. The summed E-state index contributed by atoms with van der Waals surface area (Å²) in [5.41, 5.74) is 0.686. The number of carbonyl (C=O) groups is 1. The smallest absolute Gasteiger partial charge is 0.410 e. The summed E-state index contributed by atoms with van der Waals surface area (Å²) in [4.78, 5) is 16.7. The molecule has 0 N–H and O–H groups in total. The van der Waals surface area contributed by atoms with E-state index in [-0.39, 0.29) is 24.2 Å². The summed E-state index contributed by atoms with van der Waals surface area (Å²) in [7, 11) is 0. The number of nitrogens with zero attached hydrogens (tertiary/aromatic N) is 2. The first kappa shape index (κ1) is 18.7. The molecule has 0 spiro atoms. The van der Waals surface area contributed by atoms with Crippen LogP contribution in [0.3, 0.4) is 0 Å². The molecule has 1 aromatic carbocycles. The number of hydrogen-bond donors (Lipinski definition) is 0. The molecular weight excluding hydrogens is 343 g/mol. The molecule has 2 heterocycles. The van der Waals surface area contributed by atoms with E-state index in [4.69, 9.17) is 4.74 Å². The first-order chi connectivity index (χ1) is 12.8. The quantitative estimate of drug-likeness (QED) is 0.776. The lowest BCUT2D eigenvalue weighted by molar-refractivity contribution is -0.0367. The van der Waals surface area contributed by atoms with Crippen LogP contribution in [0, 0.1) is 0 Å². The van der Waals surface area contributed by atoms with Crippen molar-refractivity contribution in [1.82, 2.24) is 9.80 Å². The van der Waals surface area contributed by atoms with Crippen molar-refractivity contribution in [2.24, 2.45) is 0 Å². The summed E-state index contributed by atoms with van der Waals surface area (Å²) in [6, 6.07) is 10.5. The molecule has 27 heavy (non-hydrogen) atoms. The Bertz CT molecular complexity index is 671. The highest BCUT2D eigenvalue weighted by Crippen LogP contribution is 2.43. The monoisotopic (exact) mass is 374 g/mol. The highest BCUT2D eigenvalue weighted by molar-refractivity contribution is 5.70. The molecule has 2 unspecified atom stereocenters. The van der Waals surface area contributed by atoms with Crippen molar-refractivity contribution >= 4 is 6.09 Å². The number of piperidine rings is 1. The van der Waals surface area contributed by atoms with Gasteiger partial charge in [0.05, 0.1) is 6.04 Å². The molecule has 3 fully saturated rings. The second-order valence-corrected chi connectivity index (χ2v) is 9.32. The summed E-state index contributed by atoms with van der Waals surface area (Å²) in [5, 5.41) is 0. The van der Waals surface area contributed by atoms with Crippen LogP contribution in [-0.4, -0.2) is 51.8 Å². The lowest BCUT2D eigenvalue weighted by Crippen LogP contribution is -2.60. The molecule has 4 nitrogen and oxygen atoms in total. The molecule has 1 aliphatic carbocycles. The topological polar surface area (TPSA) is 32.8 Å². The van der Waals surface area contributed by atoms with Gasteiger partial charge in [0.25, 0.3) is 0 Å². The fraction of sp³-hybridized carbons (Fsp3) is 0.682. The molecule has 3 aliphatic rings. The average molecular weight is 375 g/mol. The molecule has 0 radical (unpaired) electrons. The SMILES string of the molecule is CC(C)(C)OC(=O)N1C2CCC1[C@@H](F)[C@@H](N(Cc1ccccc1)C1CC1)C2. The normalized spacial score (nSPS) is 30.6. The number of alkyl halides is 1. The second kappa shape index (κ2) is 7.08. The number of ether oxygens (including phenoxy) is 1. The molecule has 2 aliphatic heterocycles. The number of carbonyl (C=O) groups excluding carboxylic acids is 1. The predicted molar refractivity (Wildman–Crippen MR) is 103 cm³/mol. The van der Waals surface area contributed by atoms with Gasteiger partial charge in [0, 0.05) is 24.7 Å². The second-order valence-electron chi connectivity index (χ2n) is 9.32. The fourth-order valence-electron chi connectivity index (χ4n) is 4.76. The largest absolute Gasteiger partial charge is 0.444 e. The molecule has 1 saturated carbocycles. The molecule has 148 valence electrons. The van der Waals surface area contributed by atoms with Crippen LogP contribution in [0.2, 0.25) is 0 Å². The minimum atomic E-state index is -1.01. The molecule has 1 amide bonds. The van der Waals surface area contributed by atoms with Crippen LogP contribution >= 0.6 is 0 Å². The highest BCUT2D eigenvalue weighted by atomic mass is 19.1. The number of halogens is 1. The van der Waals surface area contributed by atoms with Gasteiger partial charge in [-0.2, -0.15) is 0 Å². The molecule has 4 atom stereocenters. The minimum Gasteiger partial charge on any atom is -0.444 e. The Hall–Kier alpha value is -1.62. The van der Waals surface area contributed by atoms with Gasteiger partial charge in [0.1, 0.15) is 11.8 Å². The van der Waals surface area contributed by atoms with Crippen molar-refractivity contribution in [1.29, 1.82) is 0 Å². The van der Waals surface area contributed by atoms with Crippen LogP contribution < -0.4 is 0 Å². The van der Waals surface area contributed by atoms with Crippen molar-refractivity contribution in [3.05, 3.63) is 35.9 Å². The van der Waals surface area contributed by atoms with E-state index in [1.165, 1.54) is 5.56 Å². The number of benzene rings is 1. The maximum atomic E-state index is 15.6. The first-order valence-electron chi connectivity index (χ1n) is 10.3. The number of rotatable bonds is 4. The van der Waals surface area contributed by atoms with Crippen LogP contribution in [0.15, 0.2) is 30.3 Å². The Morgan fingerprint density at radius 3 is 2.52 bits per heavy atom. The van der Waals surface area contributed by atoms with Gasteiger partial charge in [0.2, 0.25) is 0 Å². The van der Waals surface area contributed by atoms with E-state index in [9.17, 15) is 4.79 Å². The summed E-state index contributed by atoms with van der Waals surface area (Å²) in [6.45, 7) is 6.38. The van der Waals surface area contributed by atoms with E-state index in [0.29, 0.717) is 12.5 Å².